The third kappa shape index (κ3) is 2.88. The van der Waals surface area contributed by atoms with Gasteiger partial charge < -0.3 is 5.32 Å². The van der Waals surface area contributed by atoms with Gasteiger partial charge in [0.25, 0.3) is 0 Å². The number of hydrogen-bond acceptors (Lipinski definition) is 4. The molecule has 0 radical (unpaired) electrons. The van der Waals surface area contributed by atoms with Crippen LogP contribution in [0, 0.1) is 6.92 Å². The van der Waals surface area contributed by atoms with E-state index < -0.39 is 0 Å². The molecule has 1 N–H and O–H groups in total. The Balaban J connectivity index is 1.91. The molecule has 2 aromatic rings. The van der Waals surface area contributed by atoms with Crippen molar-refractivity contribution in [3.8, 4) is 0 Å². The Bertz CT molecular complexity index is 747. The van der Waals surface area contributed by atoms with Gasteiger partial charge in [0.15, 0.2) is 0 Å². The van der Waals surface area contributed by atoms with Gasteiger partial charge >= 0.3 is 0 Å². The maximum atomic E-state index is 11.1. The normalized spacial score (nSPS) is 12.7. The molecule has 1 amide bonds. The topological polar surface area (TPSA) is 57.1 Å². The molecule has 2 aromatic carbocycles. The van der Waals surface area contributed by atoms with Crippen LogP contribution >= 0.6 is 0 Å². The van der Waals surface area contributed by atoms with Gasteiger partial charge in [-0.1, -0.05) is 23.4 Å². The Hall–Kier alpha value is -2.95. The monoisotopic (exact) mass is 292 g/mol. The van der Waals surface area contributed by atoms with Crippen molar-refractivity contribution in [2.24, 2.45) is 10.3 Å². The van der Waals surface area contributed by atoms with E-state index in [0.717, 1.165) is 28.2 Å². The van der Waals surface area contributed by atoms with Crippen molar-refractivity contribution >= 4 is 29.0 Å². The molecule has 0 saturated carbocycles. The molecule has 0 aromatic heterocycles. The van der Waals surface area contributed by atoms with Gasteiger partial charge in [0.2, 0.25) is 5.91 Å². The quantitative estimate of drug-likeness (QED) is 0.889. The Labute approximate surface area is 129 Å². The largest absolute Gasteiger partial charge is 0.326 e. The molecule has 22 heavy (non-hydrogen) atoms. The molecule has 0 saturated heterocycles. The van der Waals surface area contributed by atoms with Crippen LogP contribution < -0.4 is 10.3 Å². The summed E-state index contributed by atoms with van der Waals surface area (Å²) >= 11 is 0. The Morgan fingerprint density at radius 2 is 2.00 bits per heavy atom. The van der Waals surface area contributed by atoms with Gasteiger partial charge in [0.1, 0.15) is 0 Å². The molecule has 1 aliphatic rings. The van der Waals surface area contributed by atoms with Gasteiger partial charge in [0.05, 0.1) is 11.4 Å². The van der Waals surface area contributed by atoms with Crippen molar-refractivity contribution in [3.63, 3.8) is 0 Å². The second-order valence-corrected chi connectivity index (χ2v) is 5.09. The summed E-state index contributed by atoms with van der Waals surface area (Å²) in [5, 5.41) is 13.0. The molecule has 1 aliphatic heterocycles. The zero-order valence-corrected chi connectivity index (χ0v) is 12.4. The maximum absolute atomic E-state index is 11.1. The molecule has 110 valence electrons. The highest BCUT2D eigenvalue weighted by Crippen LogP contribution is 2.29. The molecule has 3 rings (SSSR count). The van der Waals surface area contributed by atoms with Gasteiger partial charge in [-0.2, -0.15) is 0 Å². The molecule has 0 bridgehead atoms. The van der Waals surface area contributed by atoms with E-state index in [1.807, 2.05) is 61.7 Å². The van der Waals surface area contributed by atoms with Crippen molar-refractivity contribution in [3.05, 3.63) is 59.8 Å². The first-order valence-corrected chi connectivity index (χ1v) is 7.00. The minimum atomic E-state index is -0.0862. The molecule has 0 atom stereocenters. The fraction of sp³-hybridized carbons (Fsp3) is 0.118. The van der Waals surface area contributed by atoms with Crippen molar-refractivity contribution in [1.82, 2.24) is 0 Å². The molecular weight excluding hydrogens is 276 g/mol. The zero-order valence-electron chi connectivity index (χ0n) is 12.4. The third-order valence-electron chi connectivity index (χ3n) is 3.34. The van der Waals surface area contributed by atoms with Gasteiger partial charge in [-0.15, -0.1) is 5.11 Å². The second kappa shape index (κ2) is 5.81. The lowest BCUT2D eigenvalue weighted by Gasteiger charge is -2.15. The Morgan fingerprint density at radius 3 is 2.77 bits per heavy atom. The predicted molar refractivity (Wildman–Crippen MR) is 88.0 cm³/mol. The van der Waals surface area contributed by atoms with Crippen LogP contribution in [-0.4, -0.2) is 5.91 Å². The first kappa shape index (κ1) is 14.0. The Kier molecular flexibility index (Phi) is 3.70. The molecule has 5 heteroatoms. The number of hydrogen-bond donors (Lipinski definition) is 1. The Morgan fingerprint density at radius 1 is 1.18 bits per heavy atom. The van der Waals surface area contributed by atoms with Crippen LogP contribution in [0.5, 0.6) is 0 Å². The molecule has 1 heterocycles. The summed E-state index contributed by atoms with van der Waals surface area (Å²) in [5.41, 5.74) is 4.56. The molecule has 0 fully saturated rings. The van der Waals surface area contributed by atoms with Gasteiger partial charge in [-0.05, 0) is 42.8 Å². The number of carbonyl (C=O) groups is 1. The van der Waals surface area contributed by atoms with Gasteiger partial charge in [-0.25, -0.2) is 5.01 Å². The number of benzene rings is 2. The van der Waals surface area contributed by atoms with Gasteiger partial charge in [-0.3, -0.25) is 4.79 Å². The van der Waals surface area contributed by atoms with E-state index in [1.165, 1.54) is 6.92 Å². The fourth-order valence-electron chi connectivity index (χ4n) is 2.32. The summed E-state index contributed by atoms with van der Waals surface area (Å²) in [6.07, 6.45) is 3.87. The van der Waals surface area contributed by atoms with E-state index in [-0.39, 0.29) is 5.91 Å². The lowest BCUT2D eigenvalue weighted by atomic mass is 10.1. The first-order valence-electron chi connectivity index (χ1n) is 7.00. The van der Waals surface area contributed by atoms with Crippen LogP contribution in [-0.2, 0) is 4.79 Å². The lowest BCUT2D eigenvalue weighted by Crippen LogP contribution is -2.09. The molecule has 5 nitrogen and oxygen atoms in total. The average molecular weight is 292 g/mol. The van der Waals surface area contributed by atoms with Crippen LogP contribution in [0.15, 0.2) is 59.0 Å². The smallest absolute Gasteiger partial charge is 0.221 e. The number of nitrogens with zero attached hydrogens (tertiary/aromatic N) is 3. The molecule has 0 spiro atoms. The zero-order chi connectivity index (χ0) is 15.5. The number of anilines is 2. The molecule has 0 unspecified atom stereocenters. The highest BCUT2D eigenvalue weighted by molar-refractivity contribution is 5.89. The summed E-state index contributed by atoms with van der Waals surface area (Å²) in [4.78, 5) is 11.1. The highest BCUT2D eigenvalue weighted by atomic mass is 16.1. The maximum Gasteiger partial charge on any atom is 0.221 e. The van der Waals surface area contributed by atoms with Crippen LogP contribution in [0.1, 0.15) is 18.1 Å². The third-order valence-corrected chi connectivity index (χ3v) is 3.34. The number of amides is 1. The number of nitrogens with one attached hydrogen (secondary N) is 1. The number of aryl methyl sites for hydroxylation is 1. The summed E-state index contributed by atoms with van der Waals surface area (Å²) < 4.78 is 0. The van der Waals surface area contributed by atoms with Crippen molar-refractivity contribution < 1.29 is 4.79 Å². The number of fused-ring (bicyclic) bond motifs is 1. The van der Waals surface area contributed by atoms with Crippen molar-refractivity contribution in [2.45, 2.75) is 13.8 Å². The lowest BCUT2D eigenvalue weighted by molar-refractivity contribution is -0.114. The van der Waals surface area contributed by atoms with Crippen LogP contribution in [0.3, 0.4) is 0 Å². The van der Waals surface area contributed by atoms with E-state index >= 15 is 0 Å². The second-order valence-electron chi connectivity index (χ2n) is 5.09. The number of rotatable bonds is 2. The standard InChI is InChI=1S/C17H16N4O/c1-12-11-15(18-13(2)22)7-8-17(12)21-10-9-14-5-3-4-6-16(14)19-20-21/h3-11H,1-2H3,(H,18,22). The summed E-state index contributed by atoms with van der Waals surface area (Å²) in [7, 11) is 0. The van der Waals surface area contributed by atoms with Crippen LogP contribution in [0.25, 0.3) is 6.08 Å². The molecular formula is C17H16N4O. The minimum Gasteiger partial charge on any atom is -0.326 e. The molecule has 0 aliphatic carbocycles. The van der Waals surface area contributed by atoms with E-state index in [2.05, 4.69) is 15.7 Å². The minimum absolute atomic E-state index is 0.0862. The first-order chi connectivity index (χ1) is 10.6. The van der Waals surface area contributed by atoms with Crippen molar-refractivity contribution in [2.75, 3.05) is 10.3 Å². The fourth-order valence-corrected chi connectivity index (χ4v) is 2.32. The predicted octanol–water partition coefficient (Wildman–Crippen LogP) is 4.44. The summed E-state index contributed by atoms with van der Waals surface area (Å²) in [6.45, 7) is 3.47. The SMILES string of the molecule is CC(=O)Nc1ccc(N2C=Cc3ccccc3N=N2)c(C)c1. The summed E-state index contributed by atoms with van der Waals surface area (Å²) in [5.74, 6) is -0.0862. The van der Waals surface area contributed by atoms with Crippen molar-refractivity contribution in [1.29, 1.82) is 0 Å². The van der Waals surface area contributed by atoms with Crippen LogP contribution in [0.4, 0.5) is 17.1 Å². The summed E-state index contributed by atoms with van der Waals surface area (Å²) in [6, 6.07) is 13.5. The van der Waals surface area contributed by atoms with E-state index in [4.69, 9.17) is 0 Å². The van der Waals surface area contributed by atoms with Crippen LogP contribution in [0.2, 0.25) is 0 Å². The highest BCUT2D eigenvalue weighted by Gasteiger charge is 2.10. The average Bonchev–Trinajstić information content (AvgIpc) is 2.69. The van der Waals surface area contributed by atoms with E-state index in [0.29, 0.717) is 0 Å². The van der Waals surface area contributed by atoms with Gasteiger partial charge in [0, 0.05) is 24.4 Å². The van der Waals surface area contributed by atoms with E-state index in [1.54, 1.807) is 5.01 Å². The van der Waals surface area contributed by atoms with E-state index in [9.17, 15) is 4.79 Å². The number of carbonyl (C=O) groups excluding carboxylic acids is 1.